The molecule has 0 aromatic heterocycles. The van der Waals surface area contributed by atoms with Crippen molar-refractivity contribution < 1.29 is 5.21 Å². The van der Waals surface area contributed by atoms with Gasteiger partial charge >= 0.3 is 0 Å². The fourth-order valence-electron chi connectivity index (χ4n) is 0.930. The molecular formula is C8H19N3OS. The van der Waals surface area contributed by atoms with Crippen molar-refractivity contribution in [2.45, 2.75) is 19.4 Å². The third kappa shape index (κ3) is 5.76. The van der Waals surface area contributed by atoms with Gasteiger partial charge in [0, 0.05) is 24.8 Å². The van der Waals surface area contributed by atoms with Crippen molar-refractivity contribution in [2.75, 3.05) is 25.6 Å². The van der Waals surface area contributed by atoms with Crippen LogP contribution in [-0.2, 0) is 0 Å². The second-order valence-corrected chi connectivity index (χ2v) is 4.04. The molecule has 0 aliphatic rings. The van der Waals surface area contributed by atoms with Crippen molar-refractivity contribution in [3.8, 4) is 0 Å². The van der Waals surface area contributed by atoms with Crippen LogP contribution in [0.25, 0.3) is 0 Å². The Morgan fingerprint density at radius 1 is 1.69 bits per heavy atom. The van der Waals surface area contributed by atoms with E-state index in [4.69, 9.17) is 10.9 Å². The first-order chi connectivity index (χ1) is 6.11. The molecular weight excluding hydrogens is 186 g/mol. The van der Waals surface area contributed by atoms with Crippen LogP contribution in [0, 0.1) is 0 Å². The van der Waals surface area contributed by atoms with E-state index in [2.05, 4.69) is 23.2 Å². The SMILES string of the molecule is CSCC(C)N(C)CCC(N)=NO. The van der Waals surface area contributed by atoms with Crippen molar-refractivity contribution in [2.24, 2.45) is 10.9 Å². The predicted octanol–water partition coefficient (Wildman–Crippen LogP) is 0.806. The number of thioether (sulfide) groups is 1. The third-order valence-corrected chi connectivity index (χ3v) is 2.83. The number of nitrogens with zero attached hydrogens (tertiary/aromatic N) is 2. The van der Waals surface area contributed by atoms with E-state index < -0.39 is 0 Å². The maximum absolute atomic E-state index is 8.33. The molecule has 0 heterocycles. The summed E-state index contributed by atoms with van der Waals surface area (Å²) >= 11 is 1.83. The van der Waals surface area contributed by atoms with Gasteiger partial charge in [-0.05, 0) is 20.2 Å². The van der Waals surface area contributed by atoms with Crippen LogP contribution in [0.3, 0.4) is 0 Å². The average molecular weight is 205 g/mol. The second-order valence-electron chi connectivity index (χ2n) is 3.13. The van der Waals surface area contributed by atoms with Gasteiger partial charge in [-0.15, -0.1) is 0 Å². The molecule has 0 rings (SSSR count). The highest BCUT2D eigenvalue weighted by molar-refractivity contribution is 7.98. The van der Waals surface area contributed by atoms with Crippen molar-refractivity contribution in [1.82, 2.24) is 4.90 Å². The van der Waals surface area contributed by atoms with E-state index in [1.807, 2.05) is 18.8 Å². The van der Waals surface area contributed by atoms with Crippen molar-refractivity contribution in [3.63, 3.8) is 0 Å². The van der Waals surface area contributed by atoms with E-state index >= 15 is 0 Å². The molecule has 0 aliphatic carbocycles. The smallest absolute Gasteiger partial charge is 0.140 e. The summed E-state index contributed by atoms with van der Waals surface area (Å²) in [5.41, 5.74) is 5.36. The normalized spacial score (nSPS) is 14.9. The molecule has 0 bridgehead atoms. The van der Waals surface area contributed by atoms with E-state index in [1.54, 1.807) is 0 Å². The molecule has 0 aromatic rings. The maximum Gasteiger partial charge on any atom is 0.140 e. The van der Waals surface area contributed by atoms with E-state index in [0.29, 0.717) is 18.3 Å². The maximum atomic E-state index is 8.33. The molecule has 0 saturated carbocycles. The van der Waals surface area contributed by atoms with E-state index in [9.17, 15) is 0 Å². The second kappa shape index (κ2) is 7.03. The molecule has 0 fully saturated rings. The van der Waals surface area contributed by atoms with Gasteiger partial charge in [0.15, 0.2) is 0 Å². The molecule has 4 nitrogen and oxygen atoms in total. The van der Waals surface area contributed by atoms with Gasteiger partial charge in [-0.2, -0.15) is 11.8 Å². The summed E-state index contributed by atoms with van der Waals surface area (Å²) in [6, 6.07) is 0.529. The van der Waals surface area contributed by atoms with E-state index in [-0.39, 0.29) is 0 Å². The van der Waals surface area contributed by atoms with Crippen LogP contribution in [0.15, 0.2) is 5.16 Å². The lowest BCUT2D eigenvalue weighted by molar-refractivity contribution is 0.281. The highest BCUT2D eigenvalue weighted by Crippen LogP contribution is 2.03. The largest absolute Gasteiger partial charge is 0.409 e. The van der Waals surface area contributed by atoms with Crippen LogP contribution in [0.4, 0.5) is 0 Å². The Kier molecular flexibility index (Phi) is 6.80. The summed E-state index contributed by atoms with van der Waals surface area (Å²) in [5, 5.41) is 11.3. The molecule has 0 saturated heterocycles. The first-order valence-electron chi connectivity index (χ1n) is 4.27. The third-order valence-electron chi connectivity index (χ3n) is 2.01. The van der Waals surface area contributed by atoms with Gasteiger partial charge in [0.2, 0.25) is 0 Å². The van der Waals surface area contributed by atoms with Gasteiger partial charge in [0.1, 0.15) is 5.84 Å². The van der Waals surface area contributed by atoms with Crippen LogP contribution in [0.2, 0.25) is 0 Å². The molecule has 0 aromatic carbocycles. The first-order valence-corrected chi connectivity index (χ1v) is 5.66. The molecule has 0 spiro atoms. The summed E-state index contributed by atoms with van der Waals surface area (Å²) in [5.74, 6) is 1.40. The average Bonchev–Trinajstić information content (AvgIpc) is 2.13. The monoisotopic (exact) mass is 205 g/mol. The quantitative estimate of drug-likeness (QED) is 0.291. The van der Waals surface area contributed by atoms with E-state index in [0.717, 1.165) is 12.3 Å². The number of amidine groups is 1. The lowest BCUT2D eigenvalue weighted by Crippen LogP contribution is -2.33. The van der Waals surface area contributed by atoms with Crippen LogP contribution in [0.5, 0.6) is 0 Å². The zero-order chi connectivity index (χ0) is 10.3. The van der Waals surface area contributed by atoms with Crippen molar-refractivity contribution in [3.05, 3.63) is 0 Å². The minimum Gasteiger partial charge on any atom is -0.409 e. The molecule has 3 N–H and O–H groups in total. The number of rotatable bonds is 6. The summed E-state index contributed by atoms with van der Waals surface area (Å²) in [6.07, 6.45) is 2.71. The molecule has 1 unspecified atom stereocenters. The van der Waals surface area contributed by atoms with Gasteiger partial charge in [0.25, 0.3) is 0 Å². The molecule has 78 valence electrons. The van der Waals surface area contributed by atoms with Gasteiger partial charge in [-0.25, -0.2) is 0 Å². The number of hydrogen-bond acceptors (Lipinski definition) is 4. The Labute approximate surface area is 84.2 Å². The Bertz CT molecular complexity index is 163. The van der Waals surface area contributed by atoms with Gasteiger partial charge in [0.05, 0.1) is 0 Å². The summed E-state index contributed by atoms with van der Waals surface area (Å²) in [6.45, 7) is 3.00. The Hall–Kier alpha value is -0.420. The number of hydrogen-bond donors (Lipinski definition) is 2. The molecule has 5 heteroatoms. The number of oxime groups is 1. The lowest BCUT2D eigenvalue weighted by atomic mass is 10.3. The van der Waals surface area contributed by atoms with Crippen LogP contribution in [0.1, 0.15) is 13.3 Å². The summed E-state index contributed by atoms with van der Waals surface area (Å²) < 4.78 is 0. The van der Waals surface area contributed by atoms with Crippen LogP contribution >= 0.6 is 11.8 Å². The first kappa shape index (κ1) is 12.6. The lowest BCUT2D eigenvalue weighted by Gasteiger charge is -2.23. The minimum atomic E-state index is 0.295. The molecule has 0 aliphatic heterocycles. The minimum absolute atomic E-state index is 0.295. The van der Waals surface area contributed by atoms with Crippen molar-refractivity contribution >= 4 is 17.6 Å². The highest BCUT2D eigenvalue weighted by Gasteiger charge is 2.08. The van der Waals surface area contributed by atoms with E-state index in [1.165, 1.54) is 0 Å². The van der Waals surface area contributed by atoms with Crippen molar-refractivity contribution in [1.29, 1.82) is 0 Å². The standard InChI is InChI=1S/C8H19N3OS/c1-7(6-13-3)11(2)5-4-8(9)10-12/h7,12H,4-6H2,1-3H3,(H2,9,10). The fourth-order valence-corrected chi connectivity index (χ4v) is 1.67. The van der Waals surface area contributed by atoms with Gasteiger partial charge < -0.3 is 15.8 Å². The van der Waals surface area contributed by atoms with Crippen LogP contribution < -0.4 is 5.73 Å². The summed E-state index contributed by atoms with van der Waals surface area (Å²) in [7, 11) is 2.05. The zero-order valence-electron chi connectivity index (χ0n) is 8.53. The zero-order valence-corrected chi connectivity index (χ0v) is 9.34. The predicted molar refractivity (Wildman–Crippen MR) is 58.5 cm³/mol. The summed E-state index contributed by atoms with van der Waals surface area (Å²) in [4.78, 5) is 2.20. The topological polar surface area (TPSA) is 61.8 Å². The molecule has 0 radical (unpaired) electrons. The Balaban J connectivity index is 3.66. The Morgan fingerprint density at radius 2 is 2.31 bits per heavy atom. The number of nitrogens with two attached hydrogens (primary N) is 1. The molecule has 0 amide bonds. The molecule has 13 heavy (non-hydrogen) atoms. The van der Waals surface area contributed by atoms with Gasteiger partial charge in [-0.1, -0.05) is 5.16 Å². The van der Waals surface area contributed by atoms with Crippen LogP contribution in [-0.4, -0.2) is 47.6 Å². The van der Waals surface area contributed by atoms with Gasteiger partial charge in [-0.3, -0.25) is 0 Å². The highest BCUT2D eigenvalue weighted by atomic mass is 32.2. The fraction of sp³-hybridized carbons (Fsp3) is 0.875. The molecule has 1 atom stereocenters. The Morgan fingerprint density at radius 3 is 2.77 bits per heavy atom.